The standard InChI is InChI=1S/C8H13NO2Se/c1-5(10)6-7(11)9-3-2-4-12-8(6)9/h5-6,8,10H,2-4H2,1H3/t5-,6+,8-/m1/s1. The van der Waals surface area contributed by atoms with Gasteiger partial charge in [0.15, 0.2) is 0 Å². The van der Waals surface area contributed by atoms with Crippen LogP contribution in [0.4, 0.5) is 0 Å². The van der Waals surface area contributed by atoms with Crippen molar-refractivity contribution in [3.8, 4) is 0 Å². The van der Waals surface area contributed by atoms with Crippen molar-refractivity contribution in [3.63, 3.8) is 0 Å². The van der Waals surface area contributed by atoms with E-state index in [0.29, 0.717) is 19.9 Å². The van der Waals surface area contributed by atoms with Crippen molar-refractivity contribution in [1.82, 2.24) is 4.90 Å². The van der Waals surface area contributed by atoms with Crippen molar-refractivity contribution in [3.05, 3.63) is 0 Å². The molecule has 0 aromatic rings. The van der Waals surface area contributed by atoms with Crippen molar-refractivity contribution in [2.45, 2.75) is 29.7 Å². The van der Waals surface area contributed by atoms with E-state index >= 15 is 0 Å². The van der Waals surface area contributed by atoms with Gasteiger partial charge in [-0.05, 0) is 0 Å². The Morgan fingerprint density at radius 1 is 1.75 bits per heavy atom. The monoisotopic (exact) mass is 235 g/mol. The van der Waals surface area contributed by atoms with Crippen LogP contribution in [0.1, 0.15) is 13.3 Å². The molecular formula is C8H13NO2Se. The number of aliphatic hydroxyl groups is 1. The Balaban J connectivity index is 2.05. The maximum atomic E-state index is 11.4. The normalized spacial score (nSPS) is 37.2. The third kappa shape index (κ3) is 1.10. The topological polar surface area (TPSA) is 40.5 Å². The Morgan fingerprint density at radius 3 is 3.17 bits per heavy atom. The van der Waals surface area contributed by atoms with Gasteiger partial charge in [0.05, 0.1) is 0 Å². The molecule has 2 aliphatic rings. The van der Waals surface area contributed by atoms with E-state index in [9.17, 15) is 9.90 Å². The van der Waals surface area contributed by atoms with E-state index in [1.165, 1.54) is 5.32 Å². The first-order valence-electron chi connectivity index (χ1n) is 4.32. The number of carbonyl (C=O) groups excluding carboxylic acids is 1. The maximum absolute atomic E-state index is 11.4. The van der Waals surface area contributed by atoms with E-state index in [4.69, 9.17) is 0 Å². The van der Waals surface area contributed by atoms with E-state index in [2.05, 4.69) is 0 Å². The van der Waals surface area contributed by atoms with Crippen LogP contribution in [0.2, 0.25) is 5.32 Å². The Hall–Kier alpha value is -0.0505. The van der Waals surface area contributed by atoms with E-state index in [-0.39, 0.29) is 11.8 Å². The number of fused-ring (bicyclic) bond motifs is 1. The molecule has 2 saturated heterocycles. The molecule has 2 fully saturated rings. The first kappa shape index (κ1) is 8.54. The fourth-order valence-electron chi connectivity index (χ4n) is 1.87. The molecular weight excluding hydrogens is 221 g/mol. The van der Waals surface area contributed by atoms with Gasteiger partial charge < -0.3 is 0 Å². The predicted octanol–water partition coefficient (Wildman–Crippen LogP) is -0.322. The SMILES string of the molecule is C[C@@H](O)[C@H]1C(=O)N2CCC[Se][C@H]12. The first-order chi connectivity index (χ1) is 5.72. The fraction of sp³-hybridized carbons (Fsp3) is 0.875. The molecule has 2 aliphatic heterocycles. The van der Waals surface area contributed by atoms with E-state index in [1.54, 1.807) is 6.92 Å². The molecule has 68 valence electrons. The molecule has 0 aromatic heterocycles. The van der Waals surface area contributed by atoms with Crippen LogP contribution in [0.5, 0.6) is 0 Å². The van der Waals surface area contributed by atoms with Crippen LogP contribution in [0.3, 0.4) is 0 Å². The van der Waals surface area contributed by atoms with Crippen LogP contribution >= 0.6 is 0 Å². The molecule has 3 atom stereocenters. The Labute approximate surface area is 78.3 Å². The summed E-state index contributed by atoms with van der Waals surface area (Å²) in [5, 5.41) is 10.6. The Morgan fingerprint density at radius 2 is 2.50 bits per heavy atom. The molecule has 2 rings (SSSR count). The number of aliphatic hydroxyl groups excluding tert-OH is 1. The van der Waals surface area contributed by atoms with Crippen molar-refractivity contribution >= 4 is 20.9 Å². The minimum absolute atomic E-state index is 0.0645. The number of hydrogen-bond donors (Lipinski definition) is 1. The van der Waals surface area contributed by atoms with Crippen molar-refractivity contribution in [2.24, 2.45) is 5.92 Å². The van der Waals surface area contributed by atoms with Gasteiger partial charge in [0, 0.05) is 0 Å². The number of amides is 1. The van der Waals surface area contributed by atoms with Gasteiger partial charge >= 0.3 is 77.8 Å². The summed E-state index contributed by atoms with van der Waals surface area (Å²) in [7, 11) is 0. The number of β-lactam (4-membered cyclic amide) rings is 1. The number of rotatable bonds is 1. The van der Waals surface area contributed by atoms with Crippen LogP contribution in [-0.4, -0.2) is 48.5 Å². The molecule has 0 spiro atoms. The van der Waals surface area contributed by atoms with Crippen molar-refractivity contribution in [2.75, 3.05) is 6.54 Å². The molecule has 0 aromatic carbocycles. The zero-order valence-electron chi connectivity index (χ0n) is 7.06. The Bertz CT molecular complexity index is 207. The van der Waals surface area contributed by atoms with Gasteiger partial charge in [-0.15, -0.1) is 0 Å². The Kier molecular flexibility index (Phi) is 2.15. The predicted molar refractivity (Wildman–Crippen MR) is 45.8 cm³/mol. The van der Waals surface area contributed by atoms with E-state index in [0.717, 1.165) is 13.0 Å². The second kappa shape index (κ2) is 3.02. The van der Waals surface area contributed by atoms with Crippen LogP contribution in [-0.2, 0) is 4.79 Å². The van der Waals surface area contributed by atoms with Gasteiger partial charge in [0.25, 0.3) is 0 Å². The second-order valence-corrected chi connectivity index (χ2v) is 5.98. The van der Waals surface area contributed by atoms with Crippen LogP contribution in [0.25, 0.3) is 0 Å². The molecule has 0 bridgehead atoms. The summed E-state index contributed by atoms with van der Waals surface area (Å²) in [5.41, 5.74) is 0. The van der Waals surface area contributed by atoms with Gasteiger partial charge in [-0.25, -0.2) is 0 Å². The van der Waals surface area contributed by atoms with Crippen LogP contribution in [0, 0.1) is 5.92 Å². The molecule has 2 heterocycles. The molecule has 0 radical (unpaired) electrons. The van der Waals surface area contributed by atoms with Crippen molar-refractivity contribution in [1.29, 1.82) is 0 Å². The number of carbonyl (C=O) groups is 1. The third-order valence-corrected chi connectivity index (χ3v) is 5.50. The quantitative estimate of drug-likeness (QED) is 0.499. The fourth-order valence-corrected chi connectivity index (χ4v) is 4.97. The summed E-state index contributed by atoms with van der Waals surface area (Å²) in [6.45, 7) is 2.65. The first-order valence-corrected chi connectivity index (χ1v) is 6.52. The summed E-state index contributed by atoms with van der Waals surface area (Å²) in [4.78, 5) is 13.8. The van der Waals surface area contributed by atoms with E-state index < -0.39 is 6.10 Å². The second-order valence-electron chi connectivity index (χ2n) is 3.41. The van der Waals surface area contributed by atoms with Crippen LogP contribution in [0.15, 0.2) is 0 Å². The van der Waals surface area contributed by atoms with Gasteiger partial charge in [-0.1, -0.05) is 0 Å². The number of nitrogens with zero attached hydrogens (tertiary/aromatic N) is 1. The van der Waals surface area contributed by atoms with Crippen molar-refractivity contribution < 1.29 is 9.90 Å². The zero-order valence-corrected chi connectivity index (χ0v) is 8.78. The molecule has 1 amide bonds. The summed E-state index contributed by atoms with van der Waals surface area (Å²) in [5.74, 6) is 0.113. The summed E-state index contributed by atoms with van der Waals surface area (Å²) >= 11 is 0.549. The molecule has 4 heteroatoms. The molecule has 1 N–H and O–H groups in total. The number of hydrogen-bond acceptors (Lipinski definition) is 2. The van der Waals surface area contributed by atoms with Gasteiger partial charge in [-0.2, -0.15) is 0 Å². The minimum atomic E-state index is -0.446. The molecule has 3 nitrogen and oxygen atoms in total. The van der Waals surface area contributed by atoms with Gasteiger partial charge in [0.1, 0.15) is 0 Å². The van der Waals surface area contributed by atoms with Gasteiger partial charge in [-0.3, -0.25) is 0 Å². The van der Waals surface area contributed by atoms with E-state index in [1.807, 2.05) is 4.90 Å². The third-order valence-electron chi connectivity index (χ3n) is 2.53. The molecule has 0 saturated carbocycles. The molecule has 12 heavy (non-hydrogen) atoms. The van der Waals surface area contributed by atoms with Crippen LogP contribution < -0.4 is 0 Å². The average Bonchev–Trinajstić information content (AvgIpc) is 2.03. The van der Waals surface area contributed by atoms with Gasteiger partial charge in [0.2, 0.25) is 0 Å². The molecule has 0 aliphatic carbocycles. The summed E-state index contributed by atoms with van der Waals surface area (Å²) < 4.78 is 0. The zero-order chi connectivity index (χ0) is 8.72. The summed E-state index contributed by atoms with van der Waals surface area (Å²) in [6.07, 6.45) is 0.716. The molecule has 0 unspecified atom stereocenters. The summed E-state index contributed by atoms with van der Waals surface area (Å²) in [6, 6.07) is 0. The average molecular weight is 234 g/mol.